The summed E-state index contributed by atoms with van der Waals surface area (Å²) in [4.78, 5) is 20.3. The molecule has 1 fully saturated rings. The van der Waals surface area contributed by atoms with E-state index < -0.39 is 0 Å². The van der Waals surface area contributed by atoms with E-state index in [1.807, 2.05) is 28.8 Å². The maximum Gasteiger partial charge on any atom is 0.265 e. The molecular formula is C19H21FN4O2S. The van der Waals surface area contributed by atoms with E-state index >= 15 is 0 Å². The zero-order valence-electron chi connectivity index (χ0n) is 15.2. The number of fused-ring (bicyclic) bond motifs is 1. The Bertz CT molecular complexity index is 983. The van der Waals surface area contributed by atoms with Crippen molar-refractivity contribution in [2.45, 2.75) is 12.6 Å². The Kier molecular flexibility index (Phi) is 4.94. The number of nitrogens with one attached hydrogen (secondary N) is 1. The Labute approximate surface area is 160 Å². The summed E-state index contributed by atoms with van der Waals surface area (Å²) in [6, 6.07) is 4.76. The fourth-order valence-corrected chi connectivity index (χ4v) is 4.81. The van der Waals surface area contributed by atoms with Crippen LogP contribution >= 0.6 is 11.3 Å². The van der Waals surface area contributed by atoms with Crippen molar-refractivity contribution in [2.75, 3.05) is 26.7 Å². The number of aryl methyl sites for hydroxylation is 1. The summed E-state index contributed by atoms with van der Waals surface area (Å²) < 4.78 is 22.4. The Morgan fingerprint density at radius 2 is 2.33 bits per heavy atom. The molecule has 0 saturated carbocycles. The van der Waals surface area contributed by atoms with Crippen molar-refractivity contribution in [3.63, 3.8) is 0 Å². The zero-order chi connectivity index (χ0) is 19.0. The predicted molar refractivity (Wildman–Crippen MR) is 102 cm³/mol. The van der Waals surface area contributed by atoms with Gasteiger partial charge in [-0.2, -0.15) is 0 Å². The maximum absolute atomic E-state index is 14.4. The van der Waals surface area contributed by atoms with Crippen molar-refractivity contribution in [2.24, 2.45) is 7.05 Å². The first-order valence-corrected chi connectivity index (χ1v) is 9.61. The monoisotopic (exact) mass is 388 g/mol. The van der Waals surface area contributed by atoms with Gasteiger partial charge >= 0.3 is 0 Å². The molecule has 142 valence electrons. The normalized spacial score (nSPS) is 17.6. The Balaban J connectivity index is 1.78. The molecule has 6 nitrogen and oxygen atoms in total. The van der Waals surface area contributed by atoms with Crippen LogP contribution in [0, 0.1) is 5.82 Å². The van der Waals surface area contributed by atoms with Gasteiger partial charge in [0.15, 0.2) is 0 Å². The lowest BCUT2D eigenvalue weighted by molar-refractivity contribution is 0.0622. The summed E-state index contributed by atoms with van der Waals surface area (Å²) in [6.45, 7) is 2.11. The lowest BCUT2D eigenvalue weighted by atomic mass is 10.1. The van der Waals surface area contributed by atoms with E-state index in [1.54, 1.807) is 19.4 Å². The molecule has 8 heteroatoms. The van der Waals surface area contributed by atoms with Gasteiger partial charge in [-0.1, -0.05) is 6.07 Å². The van der Waals surface area contributed by atoms with E-state index in [0.717, 1.165) is 10.5 Å². The fourth-order valence-electron chi connectivity index (χ4n) is 3.63. The van der Waals surface area contributed by atoms with Gasteiger partial charge in [0, 0.05) is 61.8 Å². The first-order chi connectivity index (χ1) is 13.1. The van der Waals surface area contributed by atoms with Crippen LogP contribution in [-0.2, 0) is 18.4 Å². The number of carbonyl (C=O) groups excluding carboxylic acids is 1. The number of amides is 1. The minimum Gasteiger partial charge on any atom is -0.380 e. The van der Waals surface area contributed by atoms with Crippen LogP contribution in [0.1, 0.15) is 27.1 Å². The average Bonchev–Trinajstić information content (AvgIpc) is 3.26. The summed E-state index contributed by atoms with van der Waals surface area (Å²) >= 11 is 1.32. The SMILES string of the molecule is COCc1c(C(=O)N2CCNCC2c2nccn2C)sc2cccc(F)c12. The minimum absolute atomic E-state index is 0.0999. The number of ether oxygens (including phenoxy) is 1. The largest absolute Gasteiger partial charge is 0.380 e. The Morgan fingerprint density at radius 1 is 1.48 bits per heavy atom. The van der Waals surface area contributed by atoms with Gasteiger partial charge in [0.05, 0.1) is 11.5 Å². The second-order valence-corrected chi connectivity index (χ2v) is 7.62. The number of piperazine rings is 1. The highest BCUT2D eigenvalue weighted by Gasteiger charge is 2.33. The van der Waals surface area contributed by atoms with E-state index in [2.05, 4.69) is 10.3 Å². The van der Waals surface area contributed by atoms with Crippen molar-refractivity contribution >= 4 is 27.3 Å². The number of hydrogen-bond acceptors (Lipinski definition) is 5. The molecule has 0 spiro atoms. The molecule has 1 amide bonds. The summed E-state index contributed by atoms with van der Waals surface area (Å²) in [5.41, 5.74) is 0.623. The van der Waals surface area contributed by atoms with Gasteiger partial charge < -0.3 is 19.5 Å². The van der Waals surface area contributed by atoms with Gasteiger partial charge in [0.25, 0.3) is 5.91 Å². The Hall–Kier alpha value is -2.29. The maximum atomic E-state index is 14.4. The molecule has 0 radical (unpaired) electrons. The number of rotatable bonds is 4. The van der Waals surface area contributed by atoms with Gasteiger partial charge in [0.1, 0.15) is 17.7 Å². The van der Waals surface area contributed by atoms with E-state index in [4.69, 9.17) is 4.74 Å². The van der Waals surface area contributed by atoms with Crippen LogP contribution in [0.3, 0.4) is 0 Å². The number of benzene rings is 1. The summed E-state index contributed by atoms with van der Waals surface area (Å²) in [6.07, 6.45) is 3.61. The van der Waals surface area contributed by atoms with Crippen molar-refractivity contribution < 1.29 is 13.9 Å². The molecule has 1 N–H and O–H groups in total. The molecule has 1 aromatic carbocycles. The van der Waals surface area contributed by atoms with Crippen LogP contribution in [0.5, 0.6) is 0 Å². The van der Waals surface area contributed by atoms with Gasteiger partial charge in [-0.25, -0.2) is 9.37 Å². The van der Waals surface area contributed by atoms with Gasteiger partial charge in [-0.05, 0) is 12.1 Å². The molecule has 1 aliphatic heterocycles. The van der Waals surface area contributed by atoms with Gasteiger partial charge in [-0.15, -0.1) is 11.3 Å². The molecule has 0 aliphatic carbocycles. The molecule has 1 saturated heterocycles. The molecule has 3 heterocycles. The smallest absolute Gasteiger partial charge is 0.265 e. The summed E-state index contributed by atoms with van der Waals surface area (Å²) in [5.74, 6) is 0.407. The topological polar surface area (TPSA) is 59.4 Å². The lowest BCUT2D eigenvalue weighted by Gasteiger charge is -2.35. The first kappa shape index (κ1) is 18.1. The second kappa shape index (κ2) is 7.38. The molecular weight excluding hydrogens is 367 g/mol. The number of carbonyl (C=O) groups is 1. The van der Waals surface area contributed by atoms with Crippen molar-refractivity contribution in [1.82, 2.24) is 19.8 Å². The molecule has 1 atom stereocenters. The number of methoxy groups -OCH3 is 1. The molecule has 3 aromatic rings. The van der Waals surface area contributed by atoms with E-state index in [9.17, 15) is 9.18 Å². The van der Waals surface area contributed by atoms with Crippen LogP contribution in [-0.4, -0.2) is 47.1 Å². The first-order valence-electron chi connectivity index (χ1n) is 8.79. The quantitative estimate of drug-likeness (QED) is 0.747. The highest BCUT2D eigenvalue weighted by Crippen LogP contribution is 2.36. The molecule has 1 unspecified atom stereocenters. The Morgan fingerprint density at radius 3 is 3.07 bits per heavy atom. The predicted octanol–water partition coefficient (Wildman–Crippen LogP) is 2.71. The standard InChI is InChI=1S/C19H21FN4O2S/c1-23-8-7-22-18(23)14-10-21-6-9-24(14)19(25)17-12(11-26-2)16-13(20)4-3-5-15(16)27-17/h3-5,7-8,14,21H,6,9-11H2,1-2H3. The molecule has 0 bridgehead atoms. The lowest BCUT2D eigenvalue weighted by Crippen LogP contribution is -2.49. The third-order valence-corrected chi connectivity index (χ3v) is 6.09. The van der Waals surface area contributed by atoms with E-state index in [1.165, 1.54) is 17.4 Å². The van der Waals surface area contributed by atoms with E-state index in [0.29, 0.717) is 35.5 Å². The van der Waals surface area contributed by atoms with Crippen LogP contribution in [0.4, 0.5) is 4.39 Å². The zero-order valence-corrected chi connectivity index (χ0v) is 16.1. The highest BCUT2D eigenvalue weighted by molar-refractivity contribution is 7.21. The average molecular weight is 388 g/mol. The number of hydrogen-bond donors (Lipinski definition) is 1. The van der Waals surface area contributed by atoms with Crippen LogP contribution < -0.4 is 5.32 Å². The second-order valence-electron chi connectivity index (χ2n) is 6.57. The van der Waals surface area contributed by atoms with Crippen molar-refractivity contribution in [1.29, 1.82) is 0 Å². The van der Waals surface area contributed by atoms with Crippen molar-refractivity contribution in [3.8, 4) is 0 Å². The fraction of sp³-hybridized carbons (Fsp3) is 0.368. The number of thiophene rings is 1. The van der Waals surface area contributed by atoms with Crippen molar-refractivity contribution in [3.05, 3.63) is 52.7 Å². The van der Waals surface area contributed by atoms with Crippen LogP contribution in [0.25, 0.3) is 10.1 Å². The number of imidazole rings is 1. The summed E-state index contributed by atoms with van der Waals surface area (Å²) in [7, 11) is 3.48. The third-order valence-electron chi connectivity index (χ3n) is 4.91. The minimum atomic E-state index is -0.323. The third kappa shape index (κ3) is 3.13. The van der Waals surface area contributed by atoms with Gasteiger partial charge in [-0.3, -0.25) is 4.79 Å². The van der Waals surface area contributed by atoms with E-state index in [-0.39, 0.29) is 24.4 Å². The van der Waals surface area contributed by atoms with Crippen LogP contribution in [0.15, 0.2) is 30.6 Å². The summed E-state index contributed by atoms with van der Waals surface area (Å²) in [5, 5.41) is 3.82. The molecule has 2 aromatic heterocycles. The van der Waals surface area contributed by atoms with Crippen LogP contribution in [0.2, 0.25) is 0 Å². The molecule has 27 heavy (non-hydrogen) atoms. The van der Waals surface area contributed by atoms with Gasteiger partial charge in [0.2, 0.25) is 0 Å². The number of halogens is 1. The highest BCUT2D eigenvalue weighted by atomic mass is 32.1. The number of aromatic nitrogens is 2. The number of nitrogens with zero attached hydrogens (tertiary/aromatic N) is 3. The molecule has 4 rings (SSSR count). The molecule has 1 aliphatic rings.